The minimum Gasteiger partial charge on any atom is -0.395 e. The second kappa shape index (κ2) is 9.33. The monoisotopic (exact) mass is 458 g/mol. The molecule has 4 atom stereocenters. The zero-order chi connectivity index (χ0) is 23.7. The Bertz CT molecular complexity index is 1000. The normalized spacial score (nSPS) is 22.2. The number of amides is 1. The molecule has 7 heteroatoms. The number of benzene rings is 2. The van der Waals surface area contributed by atoms with Crippen LogP contribution in [0.15, 0.2) is 42.5 Å². The first kappa shape index (κ1) is 24.4. The van der Waals surface area contributed by atoms with Crippen LogP contribution in [-0.2, 0) is 26.7 Å². The second-order valence-corrected chi connectivity index (χ2v) is 10.8. The van der Waals surface area contributed by atoms with Crippen LogP contribution in [0.3, 0.4) is 0 Å². The molecule has 4 N–H and O–H groups in total. The molecule has 0 saturated heterocycles. The van der Waals surface area contributed by atoms with Gasteiger partial charge in [-0.05, 0) is 54.0 Å². The largest absolute Gasteiger partial charge is 0.395 e. The Morgan fingerprint density at radius 2 is 1.88 bits per heavy atom. The minimum atomic E-state index is -1.91. The van der Waals surface area contributed by atoms with Gasteiger partial charge in [0.25, 0.3) is 0 Å². The van der Waals surface area contributed by atoms with Crippen molar-refractivity contribution < 1.29 is 18.7 Å². The number of carbonyl (C=O) groups excluding carboxylic acids is 1. The number of hydrogen-bond acceptors (Lipinski definition) is 4. The molecule has 1 amide bonds. The van der Waals surface area contributed by atoms with Gasteiger partial charge in [0.2, 0.25) is 5.91 Å². The lowest BCUT2D eigenvalue weighted by Crippen LogP contribution is -2.32. The van der Waals surface area contributed by atoms with Gasteiger partial charge in [-0.3, -0.25) is 4.79 Å². The van der Waals surface area contributed by atoms with Gasteiger partial charge in [-0.1, -0.05) is 57.2 Å². The van der Waals surface area contributed by atoms with Crippen LogP contribution in [0, 0.1) is 12.8 Å². The van der Waals surface area contributed by atoms with E-state index in [1.54, 1.807) is 0 Å². The van der Waals surface area contributed by atoms with Gasteiger partial charge in [0.05, 0.1) is 18.6 Å². The van der Waals surface area contributed by atoms with Crippen LogP contribution >= 0.6 is 0 Å². The van der Waals surface area contributed by atoms with Crippen molar-refractivity contribution in [3.8, 4) is 0 Å². The number of aliphatic hydroxyl groups excluding tert-OH is 1. The molecule has 1 aliphatic rings. The van der Waals surface area contributed by atoms with Crippen LogP contribution < -0.4 is 10.6 Å². The van der Waals surface area contributed by atoms with Crippen LogP contribution in [0.5, 0.6) is 0 Å². The number of anilines is 1. The zero-order valence-corrected chi connectivity index (χ0v) is 20.3. The summed E-state index contributed by atoms with van der Waals surface area (Å²) in [5.41, 5.74) is 4.45. The van der Waals surface area contributed by atoms with E-state index < -0.39 is 16.5 Å². The molecule has 174 valence electrons. The Morgan fingerprint density at radius 3 is 2.41 bits per heavy atom. The lowest BCUT2D eigenvalue weighted by molar-refractivity contribution is -0.123. The minimum absolute atomic E-state index is 0.0336. The summed E-state index contributed by atoms with van der Waals surface area (Å²) < 4.78 is 19.8. The van der Waals surface area contributed by atoms with Gasteiger partial charge in [0.15, 0.2) is 11.1 Å². The topological polar surface area (TPSA) is 98.7 Å². The van der Waals surface area contributed by atoms with E-state index in [4.69, 9.17) is 4.55 Å². The van der Waals surface area contributed by atoms with Crippen LogP contribution in [0.4, 0.5) is 5.69 Å². The zero-order valence-electron chi connectivity index (χ0n) is 19.4. The van der Waals surface area contributed by atoms with E-state index >= 15 is 0 Å². The number of nitrogens with one attached hydrogen (secondary N) is 2. The molecule has 0 bridgehead atoms. The van der Waals surface area contributed by atoms with E-state index in [0.29, 0.717) is 6.42 Å². The number of carbonyl (C=O) groups is 1. The first-order valence-electron chi connectivity index (χ1n) is 10.9. The fourth-order valence-corrected chi connectivity index (χ4v) is 4.51. The van der Waals surface area contributed by atoms with Gasteiger partial charge in [0.1, 0.15) is 5.88 Å². The number of rotatable bonds is 8. The highest BCUT2D eigenvalue weighted by Gasteiger charge is 2.59. The molecule has 32 heavy (non-hydrogen) atoms. The van der Waals surface area contributed by atoms with E-state index in [2.05, 4.69) is 43.5 Å². The maximum atomic E-state index is 13.0. The molecule has 0 heterocycles. The van der Waals surface area contributed by atoms with E-state index in [-0.39, 0.29) is 35.8 Å². The molecular weight excluding hydrogens is 424 g/mol. The first-order chi connectivity index (χ1) is 15.0. The van der Waals surface area contributed by atoms with E-state index in [1.165, 1.54) is 5.56 Å². The summed E-state index contributed by atoms with van der Waals surface area (Å²) in [6.45, 7) is 10.3. The highest BCUT2D eigenvalue weighted by atomic mass is 32.2. The van der Waals surface area contributed by atoms with Gasteiger partial charge in [-0.2, -0.15) is 0 Å². The van der Waals surface area contributed by atoms with Crippen LogP contribution in [0.1, 0.15) is 62.4 Å². The van der Waals surface area contributed by atoms with Crippen molar-refractivity contribution in [3.05, 3.63) is 64.7 Å². The summed E-state index contributed by atoms with van der Waals surface area (Å²) in [6.07, 6.45) is 0.636. The third kappa shape index (κ3) is 5.22. The first-order valence-corrected chi connectivity index (χ1v) is 12.2. The van der Waals surface area contributed by atoms with Crippen molar-refractivity contribution in [2.24, 2.45) is 5.92 Å². The Morgan fingerprint density at radius 1 is 1.22 bits per heavy atom. The van der Waals surface area contributed by atoms with Crippen molar-refractivity contribution in [1.29, 1.82) is 0 Å². The van der Waals surface area contributed by atoms with Crippen molar-refractivity contribution >= 4 is 22.7 Å². The molecular formula is C25H34N2O4S. The average Bonchev–Trinajstić information content (AvgIpc) is 3.48. The molecule has 0 radical (unpaired) electrons. The van der Waals surface area contributed by atoms with E-state index in [1.807, 2.05) is 44.2 Å². The van der Waals surface area contributed by atoms with Crippen LogP contribution in [-0.4, -0.2) is 32.3 Å². The summed E-state index contributed by atoms with van der Waals surface area (Å²) in [4.78, 5) is 13.0. The smallest absolute Gasteiger partial charge is 0.224 e. The maximum Gasteiger partial charge on any atom is 0.224 e. The predicted molar refractivity (Wildman–Crippen MR) is 129 cm³/mol. The third-order valence-corrected chi connectivity index (χ3v) is 6.89. The van der Waals surface area contributed by atoms with Crippen molar-refractivity contribution in [3.63, 3.8) is 0 Å². The lowest BCUT2D eigenvalue weighted by Gasteiger charge is -2.22. The van der Waals surface area contributed by atoms with Gasteiger partial charge in [0, 0.05) is 11.1 Å². The van der Waals surface area contributed by atoms with E-state index in [0.717, 1.165) is 22.4 Å². The van der Waals surface area contributed by atoms with E-state index in [9.17, 15) is 14.1 Å². The third-order valence-electron chi connectivity index (χ3n) is 6.50. The Labute approximate surface area is 193 Å². The lowest BCUT2D eigenvalue weighted by atomic mass is 9.84. The standard InChI is InChI=1S/C25H34N2O4S/c1-16-12-18(6-11-22(16)26-15-32(30)31)17(2)27-23(29)21-13-25(21,14-28)20-9-7-19(8-10-20)24(3,4)5/h6-12,17,21,26,28H,13-15H2,1-5H3,(H,27,29)(H,30,31)/t17-,21?,25?/m1/s1. The molecule has 3 rings (SSSR count). The summed E-state index contributed by atoms with van der Waals surface area (Å²) in [5.74, 6) is -0.340. The summed E-state index contributed by atoms with van der Waals surface area (Å²) in [7, 11) is 0. The molecule has 6 nitrogen and oxygen atoms in total. The van der Waals surface area contributed by atoms with Gasteiger partial charge >= 0.3 is 0 Å². The summed E-state index contributed by atoms with van der Waals surface area (Å²) in [6, 6.07) is 13.8. The Hall–Kier alpha value is -2.22. The summed E-state index contributed by atoms with van der Waals surface area (Å²) in [5, 5.41) is 16.2. The highest BCUT2D eigenvalue weighted by Crippen LogP contribution is 2.54. The molecule has 1 fully saturated rings. The number of aryl methyl sites for hydroxylation is 1. The van der Waals surface area contributed by atoms with Crippen LogP contribution in [0.25, 0.3) is 0 Å². The summed E-state index contributed by atoms with van der Waals surface area (Å²) >= 11 is -1.91. The fraction of sp³-hybridized carbons (Fsp3) is 0.480. The Balaban J connectivity index is 1.67. The van der Waals surface area contributed by atoms with Gasteiger partial charge in [-0.15, -0.1) is 0 Å². The molecule has 0 spiro atoms. The fourth-order valence-electron chi connectivity index (χ4n) is 4.23. The molecule has 0 aromatic heterocycles. The van der Waals surface area contributed by atoms with Gasteiger partial charge < -0.3 is 20.3 Å². The van der Waals surface area contributed by atoms with Crippen LogP contribution in [0.2, 0.25) is 0 Å². The molecule has 1 saturated carbocycles. The molecule has 2 aromatic rings. The molecule has 1 aliphatic carbocycles. The molecule has 2 aromatic carbocycles. The SMILES string of the molecule is Cc1cc([C@@H](C)NC(=O)C2CC2(CO)c2ccc(C(C)(C)C)cc2)ccc1NCS(=O)O. The second-order valence-electron chi connectivity index (χ2n) is 9.85. The average molecular weight is 459 g/mol. The van der Waals surface area contributed by atoms with Gasteiger partial charge in [-0.25, -0.2) is 4.21 Å². The number of hydrogen-bond donors (Lipinski definition) is 4. The quantitative estimate of drug-likeness (QED) is 0.448. The molecule has 3 unspecified atom stereocenters. The molecule has 0 aliphatic heterocycles. The Kier molecular flexibility index (Phi) is 7.12. The predicted octanol–water partition coefficient (Wildman–Crippen LogP) is 4.01. The van der Waals surface area contributed by atoms with Crippen molar-refractivity contribution in [2.45, 2.75) is 57.9 Å². The van der Waals surface area contributed by atoms with Crippen molar-refractivity contribution in [2.75, 3.05) is 17.8 Å². The highest BCUT2D eigenvalue weighted by molar-refractivity contribution is 7.79. The maximum absolute atomic E-state index is 13.0. The number of aliphatic hydroxyl groups is 1. The van der Waals surface area contributed by atoms with Crippen molar-refractivity contribution in [1.82, 2.24) is 5.32 Å².